The minimum atomic E-state index is -4.19. The minimum absolute atomic E-state index is 0. The van der Waals surface area contributed by atoms with Gasteiger partial charge in [-0.05, 0) is 0 Å². The molecule has 0 bridgehead atoms. The third kappa shape index (κ3) is 9.38. The van der Waals surface area contributed by atoms with Crippen molar-refractivity contribution < 1.29 is 13.2 Å². The summed E-state index contributed by atoms with van der Waals surface area (Å²) < 4.78 is 32.7. The van der Waals surface area contributed by atoms with E-state index in [2.05, 4.69) is 5.84 Å². The lowest BCUT2D eigenvalue weighted by molar-refractivity contribution is -0.124. The van der Waals surface area contributed by atoms with Gasteiger partial charge in [0.2, 0.25) is 0 Å². The maximum atomic E-state index is 10.9. The molecular formula is C2H6ClF3N2. The average molecular weight is 151 g/mol. The van der Waals surface area contributed by atoms with E-state index in [-0.39, 0.29) is 12.4 Å². The van der Waals surface area contributed by atoms with Gasteiger partial charge < -0.3 is 0 Å². The molecule has 0 radical (unpaired) electrons. The smallest absolute Gasteiger partial charge is 0.271 e. The predicted octanol–water partition coefficient (Wildman–Crippen LogP) is 0.434. The second-order valence-corrected chi connectivity index (χ2v) is 0.996. The summed E-state index contributed by atoms with van der Waals surface area (Å²) in [6.45, 7) is -1.13. The molecule has 0 aromatic heterocycles. The van der Waals surface area contributed by atoms with Crippen molar-refractivity contribution in [2.75, 3.05) is 6.54 Å². The monoisotopic (exact) mass is 150 g/mol. The first-order valence-electron chi connectivity index (χ1n) is 1.56. The van der Waals surface area contributed by atoms with Crippen LogP contribution in [0.4, 0.5) is 13.2 Å². The fourth-order valence-electron chi connectivity index (χ4n) is 0.116. The van der Waals surface area contributed by atoms with E-state index in [4.69, 9.17) is 0 Å². The van der Waals surface area contributed by atoms with E-state index in [0.29, 0.717) is 0 Å². The Balaban J connectivity index is 0. The predicted molar refractivity (Wildman–Crippen MR) is 25.5 cm³/mol. The summed E-state index contributed by atoms with van der Waals surface area (Å²) in [4.78, 5) is 0. The molecule has 3 N–H and O–H groups in total. The lowest BCUT2D eigenvalue weighted by Gasteiger charge is -2.01. The number of hydrazine groups is 1. The number of alkyl halides is 3. The molecule has 0 saturated carbocycles. The van der Waals surface area contributed by atoms with Gasteiger partial charge in [0.1, 0.15) is 6.54 Å². The van der Waals surface area contributed by atoms with Gasteiger partial charge in [0, 0.05) is 0 Å². The number of halogens is 4. The standard InChI is InChI=1S/C2H5F3N2.ClH/c3-2(4,5)1-7-6;/h7H,1,6H2;1H. The summed E-state index contributed by atoms with van der Waals surface area (Å²) in [5.41, 5.74) is 1.48. The molecule has 2 nitrogen and oxygen atoms in total. The molecule has 0 unspecified atom stereocenters. The molecule has 0 rings (SSSR count). The number of nitrogens with two attached hydrogens (primary N) is 1. The maximum absolute atomic E-state index is 10.9. The van der Waals surface area contributed by atoms with Gasteiger partial charge in [0.25, 0.3) is 0 Å². The quantitative estimate of drug-likeness (QED) is 0.420. The van der Waals surface area contributed by atoms with Crippen molar-refractivity contribution in [1.29, 1.82) is 0 Å². The Kier molecular flexibility index (Phi) is 5.36. The molecule has 0 heterocycles. The molecule has 52 valence electrons. The Labute approximate surface area is 50.6 Å². The minimum Gasteiger partial charge on any atom is -0.271 e. The summed E-state index contributed by atoms with van der Waals surface area (Å²) in [5, 5.41) is 0. The van der Waals surface area contributed by atoms with Gasteiger partial charge in [0.05, 0.1) is 0 Å². The number of rotatable bonds is 1. The molecule has 0 spiro atoms. The molecule has 0 saturated heterocycles. The van der Waals surface area contributed by atoms with Crippen LogP contribution in [0.5, 0.6) is 0 Å². The summed E-state index contributed by atoms with van der Waals surface area (Å²) in [7, 11) is 0. The van der Waals surface area contributed by atoms with Gasteiger partial charge in [-0.15, -0.1) is 12.4 Å². The summed E-state index contributed by atoms with van der Waals surface area (Å²) >= 11 is 0. The van der Waals surface area contributed by atoms with Crippen molar-refractivity contribution in [2.24, 2.45) is 5.84 Å². The fraction of sp³-hybridized carbons (Fsp3) is 1.00. The number of hydrogen-bond acceptors (Lipinski definition) is 2. The Bertz CT molecular complexity index is 53.7. The molecule has 0 fully saturated rings. The molecule has 0 aromatic carbocycles. The zero-order valence-electron chi connectivity index (χ0n) is 3.83. The van der Waals surface area contributed by atoms with Gasteiger partial charge in [-0.25, -0.2) is 0 Å². The van der Waals surface area contributed by atoms with E-state index in [1.807, 2.05) is 0 Å². The molecule has 0 amide bonds. The third-order valence-corrected chi connectivity index (χ3v) is 0.303. The van der Waals surface area contributed by atoms with Gasteiger partial charge in [-0.1, -0.05) is 0 Å². The highest BCUT2D eigenvalue weighted by atomic mass is 35.5. The molecule has 0 aromatic rings. The van der Waals surface area contributed by atoms with Crippen LogP contribution >= 0.6 is 12.4 Å². The maximum Gasteiger partial charge on any atom is 0.402 e. The first-order valence-corrected chi connectivity index (χ1v) is 1.56. The van der Waals surface area contributed by atoms with Crippen molar-refractivity contribution >= 4 is 12.4 Å². The zero-order valence-corrected chi connectivity index (χ0v) is 4.64. The second-order valence-electron chi connectivity index (χ2n) is 0.996. The van der Waals surface area contributed by atoms with Gasteiger partial charge >= 0.3 is 6.18 Å². The van der Waals surface area contributed by atoms with Crippen LogP contribution < -0.4 is 11.3 Å². The molecular weight excluding hydrogens is 144 g/mol. The first-order chi connectivity index (χ1) is 3.06. The third-order valence-electron chi connectivity index (χ3n) is 0.303. The number of hydrogen-bond donors (Lipinski definition) is 2. The highest BCUT2D eigenvalue weighted by Gasteiger charge is 2.25. The average Bonchev–Trinajstić information content (AvgIpc) is 1.30. The lowest BCUT2D eigenvalue weighted by atomic mass is 10.7. The van der Waals surface area contributed by atoms with Crippen molar-refractivity contribution in [3.8, 4) is 0 Å². The van der Waals surface area contributed by atoms with Crippen LogP contribution in [0.1, 0.15) is 0 Å². The Morgan fingerprint density at radius 2 is 1.75 bits per heavy atom. The largest absolute Gasteiger partial charge is 0.402 e. The molecule has 0 aliphatic carbocycles. The SMILES string of the molecule is Cl.NNCC(F)(F)F. The Hall–Kier alpha value is -0.0000000000000000555. The normalized spacial score (nSPS) is 10.5. The summed E-state index contributed by atoms with van der Waals surface area (Å²) in [5.74, 6) is 4.34. The molecule has 0 aliphatic heterocycles. The lowest BCUT2D eigenvalue weighted by Crippen LogP contribution is -2.33. The van der Waals surface area contributed by atoms with E-state index in [9.17, 15) is 13.2 Å². The first kappa shape index (κ1) is 10.9. The van der Waals surface area contributed by atoms with Crippen molar-refractivity contribution in [3.05, 3.63) is 0 Å². The van der Waals surface area contributed by atoms with Gasteiger partial charge in [-0.3, -0.25) is 11.3 Å². The van der Waals surface area contributed by atoms with Crippen LogP contribution in [0.3, 0.4) is 0 Å². The summed E-state index contributed by atoms with van der Waals surface area (Å²) in [6, 6.07) is 0. The molecule has 8 heavy (non-hydrogen) atoms. The second kappa shape index (κ2) is 3.94. The van der Waals surface area contributed by atoms with Gasteiger partial charge in [-0.2, -0.15) is 13.2 Å². The van der Waals surface area contributed by atoms with Crippen molar-refractivity contribution in [1.82, 2.24) is 5.43 Å². The van der Waals surface area contributed by atoms with Crippen molar-refractivity contribution in [3.63, 3.8) is 0 Å². The van der Waals surface area contributed by atoms with E-state index in [1.54, 1.807) is 0 Å². The molecule has 6 heteroatoms. The van der Waals surface area contributed by atoms with E-state index in [1.165, 1.54) is 5.43 Å². The zero-order chi connectivity index (χ0) is 5.91. The summed E-state index contributed by atoms with van der Waals surface area (Å²) in [6.07, 6.45) is -4.19. The van der Waals surface area contributed by atoms with Crippen LogP contribution in [0, 0.1) is 0 Å². The Morgan fingerprint density at radius 3 is 1.75 bits per heavy atom. The Morgan fingerprint density at radius 1 is 1.38 bits per heavy atom. The van der Waals surface area contributed by atoms with E-state index >= 15 is 0 Å². The van der Waals surface area contributed by atoms with Crippen LogP contribution in [0.2, 0.25) is 0 Å². The van der Waals surface area contributed by atoms with Crippen molar-refractivity contribution in [2.45, 2.75) is 6.18 Å². The number of nitrogens with one attached hydrogen (secondary N) is 1. The highest BCUT2D eigenvalue weighted by Crippen LogP contribution is 2.11. The van der Waals surface area contributed by atoms with Crippen LogP contribution in [0.25, 0.3) is 0 Å². The molecule has 0 aliphatic rings. The van der Waals surface area contributed by atoms with Crippen LogP contribution in [-0.2, 0) is 0 Å². The highest BCUT2D eigenvalue weighted by molar-refractivity contribution is 5.85. The fourth-order valence-corrected chi connectivity index (χ4v) is 0.116. The van der Waals surface area contributed by atoms with Crippen LogP contribution in [0.15, 0.2) is 0 Å². The van der Waals surface area contributed by atoms with Gasteiger partial charge in [0.15, 0.2) is 0 Å². The van der Waals surface area contributed by atoms with E-state index in [0.717, 1.165) is 0 Å². The molecule has 0 atom stereocenters. The van der Waals surface area contributed by atoms with E-state index < -0.39 is 12.7 Å². The topological polar surface area (TPSA) is 38.0 Å². The van der Waals surface area contributed by atoms with Crippen LogP contribution in [-0.4, -0.2) is 12.7 Å².